The molecule has 1 aromatic heterocycles. The summed E-state index contributed by atoms with van der Waals surface area (Å²) in [5.41, 5.74) is 0.859. The maximum Gasteiger partial charge on any atom is 0.251 e. The van der Waals surface area contributed by atoms with E-state index in [1.807, 2.05) is 31.7 Å². The van der Waals surface area contributed by atoms with Crippen LogP contribution in [0.2, 0.25) is 0 Å². The van der Waals surface area contributed by atoms with Crippen LogP contribution in [0.25, 0.3) is 0 Å². The highest BCUT2D eigenvalue weighted by Gasteiger charge is 2.34. The molecule has 0 radical (unpaired) electrons. The van der Waals surface area contributed by atoms with Crippen molar-refractivity contribution >= 4 is 5.82 Å². The van der Waals surface area contributed by atoms with Crippen molar-refractivity contribution < 1.29 is 8.78 Å². The van der Waals surface area contributed by atoms with E-state index in [4.69, 9.17) is 0 Å². The number of nitrogens with zero attached hydrogens (tertiary/aromatic N) is 3. The summed E-state index contributed by atoms with van der Waals surface area (Å²) in [7, 11) is 0. The molecule has 2 rings (SSSR count). The van der Waals surface area contributed by atoms with Crippen molar-refractivity contribution in [2.24, 2.45) is 0 Å². The largest absolute Gasteiger partial charge is 0.356 e. The number of halogens is 2. The molecule has 0 aromatic carbocycles. The zero-order chi connectivity index (χ0) is 12.9. The Morgan fingerprint density at radius 1 is 1.18 bits per heavy atom. The molecule has 5 heteroatoms. The van der Waals surface area contributed by atoms with Gasteiger partial charge in [-0.2, -0.15) is 0 Å². The Morgan fingerprint density at radius 3 is 2.29 bits per heavy atom. The number of piperidine rings is 1. The minimum Gasteiger partial charge on any atom is -0.356 e. The molecule has 0 atom stereocenters. The van der Waals surface area contributed by atoms with E-state index in [2.05, 4.69) is 9.97 Å². The molecule has 96 valence electrons. The Bertz CT molecular complexity index is 345. The van der Waals surface area contributed by atoms with Crippen molar-refractivity contribution in [1.29, 1.82) is 0 Å². The topological polar surface area (TPSA) is 29.0 Å². The van der Waals surface area contributed by atoms with E-state index < -0.39 is 5.92 Å². The maximum atomic E-state index is 12.9. The number of hydrogen-bond donors (Lipinski definition) is 0. The third-order valence-corrected chi connectivity index (χ3v) is 2.61. The van der Waals surface area contributed by atoms with Gasteiger partial charge in [0.25, 0.3) is 5.92 Å². The van der Waals surface area contributed by atoms with Crippen LogP contribution in [0, 0.1) is 6.92 Å². The second-order valence-electron chi connectivity index (χ2n) is 3.86. The predicted octanol–water partition coefficient (Wildman–Crippen LogP) is 3.05. The van der Waals surface area contributed by atoms with Crippen molar-refractivity contribution in [3.8, 4) is 0 Å². The van der Waals surface area contributed by atoms with Gasteiger partial charge in [0.1, 0.15) is 12.1 Å². The van der Waals surface area contributed by atoms with Crippen LogP contribution in [0.3, 0.4) is 0 Å². The lowest BCUT2D eigenvalue weighted by Gasteiger charge is -2.32. The van der Waals surface area contributed by atoms with Gasteiger partial charge in [-0.3, -0.25) is 0 Å². The van der Waals surface area contributed by atoms with Gasteiger partial charge in [0, 0.05) is 37.7 Å². The first kappa shape index (κ1) is 13.8. The zero-order valence-corrected chi connectivity index (χ0v) is 10.6. The van der Waals surface area contributed by atoms with Gasteiger partial charge in [-0.15, -0.1) is 0 Å². The average molecular weight is 243 g/mol. The van der Waals surface area contributed by atoms with Crippen molar-refractivity contribution in [1.82, 2.24) is 9.97 Å². The summed E-state index contributed by atoms with van der Waals surface area (Å²) >= 11 is 0. The number of hydrogen-bond acceptors (Lipinski definition) is 3. The van der Waals surface area contributed by atoms with Gasteiger partial charge in [0.15, 0.2) is 0 Å². The van der Waals surface area contributed by atoms with Crippen molar-refractivity contribution in [3.63, 3.8) is 0 Å². The molecule has 0 amide bonds. The summed E-state index contributed by atoms with van der Waals surface area (Å²) in [5, 5.41) is 0. The van der Waals surface area contributed by atoms with Gasteiger partial charge >= 0.3 is 0 Å². The fourth-order valence-electron chi connectivity index (χ4n) is 1.68. The molecule has 0 N–H and O–H groups in total. The first-order chi connectivity index (χ1) is 8.07. The zero-order valence-electron chi connectivity index (χ0n) is 10.6. The van der Waals surface area contributed by atoms with Crippen molar-refractivity contribution in [2.45, 2.75) is 39.5 Å². The summed E-state index contributed by atoms with van der Waals surface area (Å²) in [6, 6.07) is 1.82. The molecule has 0 bridgehead atoms. The summed E-state index contributed by atoms with van der Waals surface area (Å²) in [4.78, 5) is 9.94. The normalized spacial score (nSPS) is 18.3. The van der Waals surface area contributed by atoms with E-state index in [1.165, 1.54) is 6.33 Å². The summed E-state index contributed by atoms with van der Waals surface area (Å²) in [6.07, 6.45) is 1.30. The molecule has 0 unspecified atom stereocenters. The van der Waals surface area contributed by atoms with Gasteiger partial charge < -0.3 is 4.90 Å². The van der Waals surface area contributed by atoms with E-state index in [1.54, 1.807) is 0 Å². The molecule has 0 saturated carbocycles. The van der Waals surface area contributed by atoms with Gasteiger partial charge in [0.05, 0.1) is 0 Å². The molecule has 0 spiro atoms. The van der Waals surface area contributed by atoms with Crippen LogP contribution in [-0.4, -0.2) is 29.0 Å². The van der Waals surface area contributed by atoms with E-state index in [9.17, 15) is 8.78 Å². The first-order valence-corrected chi connectivity index (χ1v) is 5.98. The van der Waals surface area contributed by atoms with Gasteiger partial charge in [-0.05, 0) is 6.92 Å². The third-order valence-electron chi connectivity index (χ3n) is 2.61. The Kier molecular flexibility index (Phi) is 4.78. The number of anilines is 1. The predicted molar refractivity (Wildman–Crippen MR) is 64.5 cm³/mol. The Morgan fingerprint density at radius 2 is 1.76 bits per heavy atom. The average Bonchev–Trinajstić information content (AvgIpc) is 2.31. The quantitative estimate of drug-likeness (QED) is 0.759. The molecule has 1 saturated heterocycles. The van der Waals surface area contributed by atoms with E-state index in [-0.39, 0.29) is 12.8 Å². The van der Waals surface area contributed by atoms with Crippen LogP contribution in [0.5, 0.6) is 0 Å². The van der Waals surface area contributed by atoms with Crippen molar-refractivity contribution in [2.75, 3.05) is 18.0 Å². The number of rotatable bonds is 1. The Balaban J connectivity index is 0.000000686. The van der Waals surface area contributed by atoms with Gasteiger partial charge in [0.2, 0.25) is 0 Å². The molecular formula is C12H19F2N3. The van der Waals surface area contributed by atoms with Crippen LogP contribution < -0.4 is 4.90 Å². The number of aromatic nitrogens is 2. The van der Waals surface area contributed by atoms with Crippen LogP contribution in [0.15, 0.2) is 12.4 Å². The fourth-order valence-corrected chi connectivity index (χ4v) is 1.68. The first-order valence-electron chi connectivity index (χ1n) is 5.98. The molecule has 17 heavy (non-hydrogen) atoms. The Hall–Kier alpha value is -1.26. The lowest BCUT2D eigenvalue weighted by Crippen LogP contribution is -2.39. The molecule has 1 aromatic rings. The maximum absolute atomic E-state index is 12.9. The molecule has 1 aliphatic heterocycles. The molecule has 1 fully saturated rings. The minimum absolute atomic E-state index is 0.0873. The lowest BCUT2D eigenvalue weighted by molar-refractivity contribution is -0.0221. The van der Waals surface area contributed by atoms with Crippen LogP contribution in [-0.2, 0) is 0 Å². The van der Waals surface area contributed by atoms with Crippen LogP contribution in [0.4, 0.5) is 14.6 Å². The SMILES string of the molecule is CC.Cc1cc(N2CCC(F)(F)CC2)ncn1. The van der Waals surface area contributed by atoms with Gasteiger partial charge in [-0.1, -0.05) is 13.8 Å². The standard InChI is InChI=1S/C10H13F2N3.C2H6/c1-8-6-9(14-7-13-8)15-4-2-10(11,12)3-5-15;1-2/h6-7H,2-5H2,1H3;1-2H3. The third kappa shape index (κ3) is 3.91. The van der Waals surface area contributed by atoms with Crippen LogP contribution >= 0.6 is 0 Å². The van der Waals surface area contributed by atoms with E-state index in [0.29, 0.717) is 13.1 Å². The van der Waals surface area contributed by atoms with Gasteiger partial charge in [-0.25, -0.2) is 18.7 Å². The fraction of sp³-hybridized carbons (Fsp3) is 0.667. The molecular weight excluding hydrogens is 224 g/mol. The van der Waals surface area contributed by atoms with E-state index in [0.717, 1.165) is 11.5 Å². The monoisotopic (exact) mass is 243 g/mol. The minimum atomic E-state index is -2.50. The Labute approximate surface area is 101 Å². The van der Waals surface area contributed by atoms with Crippen molar-refractivity contribution in [3.05, 3.63) is 18.1 Å². The summed E-state index contributed by atoms with van der Waals surface area (Å²) < 4.78 is 25.8. The molecule has 0 aliphatic carbocycles. The number of aryl methyl sites for hydroxylation is 1. The van der Waals surface area contributed by atoms with Crippen LogP contribution in [0.1, 0.15) is 32.4 Å². The smallest absolute Gasteiger partial charge is 0.251 e. The number of alkyl halides is 2. The summed E-state index contributed by atoms with van der Waals surface area (Å²) in [5.74, 6) is -1.75. The highest BCUT2D eigenvalue weighted by molar-refractivity contribution is 5.39. The summed E-state index contributed by atoms with van der Waals surface area (Å²) in [6.45, 7) is 6.59. The highest BCUT2D eigenvalue weighted by atomic mass is 19.3. The van der Waals surface area contributed by atoms with E-state index >= 15 is 0 Å². The molecule has 1 aliphatic rings. The second kappa shape index (κ2) is 5.89. The highest BCUT2D eigenvalue weighted by Crippen LogP contribution is 2.29. The lowest BCUT2D eigenvalue weighted by atomic mass is 10.1. The second-order valence-corrected chi connectivity index (χ2v) is 3.86. The molecule has 2 heterocycles. The molecule has 3 nitrogen and oxygen atoms in total.